The minimum atomic E-state index is -1.03. The van der Waals surface area contributed by atoms with Crippen molar-refractivity contribution in [2.75, 3.05) is 26.3 Å². The molecule has 15 heavy (non-hydrogen) atoms. The Hall–Kier alpha value is -1.36. The second-order valence-corrected chi connectivity index (χ2v) is 2.90. The van der Waals surface area contributed by atoms with Gasteiger partial charge in [-0.15, -0.1) is 6.58 Å². The van der Waals surface area contributed by atoms with Crippen LogP contribution in [0, 0.1) is 0 Å². The van der Waals surface area contributed by atoms with Gasteiger partial charge in [-0.2, -0.15) is 0 Å². The second-order valence-electron chi connectivity index (χ2n) is 2.90. The maximum absolute atomic E-state index is 11.5. The largest absolute Gasteiger partial charge is 0.480 e. The molecule has 0 bridgehead atoms. The molecule has 0 saturated carbocycles. The molecular formula is C10H17NO4. The molecule has 1 N–H and O–H groups in total. The molecule has 0 aromatic heterocycles. The predicted molar refractivity (Wildman–Crippen MR) is 55.5 cm³/mol. The van der Waals surface area contributed by atoms with Crippen LogP contribution in [-0.2, 0) is 14.3 Å². The first-order valence-electron chi connectivity index (χ1n) is 4.80. The Labute approximate surface area is 89.3 Å². The van der Waals surface area contributed by atoms with Crippen molar-refractivity contribution in [2.24, 2.45) is 0 Å². The van der Waals surface area contributed by atoms with Crippen molar-refractivity contribution >= 4 is 11.9 Å². The van der Waals surface area contributed by atoms with Crippen LogP contribution in [0.4, 0.5) is 0 Å². The summed E-state index contributed by atoms with van der Waals surface area (Å²) in [5.41, 5.74) is 0. The average molecular weight is 215 g/mol. The number of rotatable bonds is 8. The van der Waals surface area contributed by atoms with Crippen molar-refractivity contribution < 1.29 is 19.4 Å². The number of carbonyl (C=O) groups excluding carboxylic acids is 1. The van der Waals surface area contributed by atoms with E-state index in [4.69, 9.17) is 9.84 Å². The molecule has 0 aliphatic heterocycles. The van der Waals surface area contributed by atoms with Crippen molar-refractivity contribution in [3.63, 3.8) is 0 Å². The molecule has 0 aliphatic carbocycles. The van der Waals surface area contributed by atoms with Gasteiger partial charge in [0, 0.05) is 13.2 Å². The lowest BCUT2D eigenvalue weighted by Crippen LogP contribution is -2.36. The Morgan fingerprint density at radius 1 is 1.53 bits per heavy atom. The number of ether oxygens (including phenoxy) is 1. The van der Waals surface area contributed by atoms with E-state index in [1.165, 1.54) is 11.0 Å². The zero-order valence-electron chi connectivity index (χ0n) is 8.94. The van der Waals surface area contributed by atoms with Gasteiger partial charge in [0.1, 0.15) is 6.54 Å². The molecule has 1 amide bonds. The van der Waals surface area contributed by atoms with Gasteiger partial charge in [0.05, 0.1) is 13.0 Å². The van der Waals surface area contributed by atoms with E-state index >= 15 is 0 Å². The first-order chi connectivity index (χ1) is 7.11. The fraction of sp³-hybridized carbons (Fsp3) is 0.600. The predicted octanol–water partition coefficient (Wildman–Crippen LogP) is 0.512. The molecule has 0 aromatic rings. The van der Waals surface area contributed by atoms with Gasteiger partial charge in [-0.05, 0) is 6.92 Å². The molecule has 0 aromatic carbocycles. The van der Waals surface area contributed by atoms with Gasteiger partial charge in [0.25, 0.3) is 0 Å². The highest BCUT2D eigenvalue weighted by atomic mass is 16.5. The number of hydrogen-bond donors (Lipinski definition) is 1. The van der Waals surface area contributed by atoms with Crippen molar-refractivity contribution in [1.29, 1.82) is 0 Å². The highest BCUT2D eigenvalue weighted by Crippen LogP contribution is 1.95. The van der Waals surface area contributed by atoms with Gasteiger partial charge in [0.15, 0.2) is 0 Å². The number of nitrogens with zero attached hydrogens (tertiary/aromatic N) is 1. The third-order valence-corrected chi connectivity index (χ3v) is 1.69. The normalized spacial score (nSPS) is 9.67. The number of carbonyl (C=O) groups is 2. The summed E-state index contributed by atoms with van der Waals surface area (Å²) in [5, 5.41) is 8.57. The van der Waals surface area contributed by atoms with Gasteiger partial charge < -0.3 is 14.7 Å². The van der Waals surface area contributed by atoms with Gasteiger partial charge in [-0.1, -0.05) is 6.08 Å². The fourth-order valence-corrected chi connectivity index (χ4v) is 1.04. The van der Waals surface area contributed by atoms with Crippen LogP contribution >= 0.6 is 0 Å². The standard InChI is InChI=1S/C10H17NO4/c1-3-6-11(8-10(13)14)9(12)5-7-15-4-2/h3H,1,4-8H2,2H3,(H,13,14). The quantitative estimate of drug-likeness (QED) is 0.473. The summed E-state index contributed by atoms with van der Waals surface area (Å²) in [6.45, 7) is 6.13. The summed E-state index contributed by atoms with van der Waals surface area (Å²) in [7, 11) is 0. The van der Waals surface area contributed by atoms with Crippen LogP contribution in [0.3, 0.4) is 0 Å². The monoisotopic (exact) mass is 215 g/mol. The van der Waals surface area contributed by atoms with Crippen LogP contribution in [0.2, 0.25) is 0 Å². The Balaban J connectivity index is 4.03. The van der Waals surface area contributed by atoms with Crippen LogP contribution in [0.1, 0.15) is 13.3 Å². The maximum atomic E-state index is 11.5. The van der Waals surface area contributed by atoms with E-state index < -0.39 is 5.97 Å². The van der Waals surface area contributed by atoms with E-state index in [-0.39, 0.29) is 25.4 Å². The summed E-state index contributed by atoms with van der Waals surface area (Å²) >= 11 is 0. The van der Waals surface area contributed by atoms with Crippen LogP contribution in [0.15, 0.2) is 12.7 Å². The Kier molecular flexibility index (Phi) is 7.27. The third kappa shape index (κ3) is 6.68. The summed E-state index contributed by atoms with van der Waals surface area (Å²) in [6.07, 6.45) is 1.70. The lowest BCUT2D eigenvalue weighted by atomic mass is 10.3. The third-order valence-electron chi connectivity index (χ3n) is 1.69. The van der Waals surface area contributed by atoms with Crippen molar-refractivity contribution in [3.8, 4) is 0 Å². The lowest BCUT2D eigenvalue weighted by molar-refractivity contribution is -0.144. The van der Waals surface area contributed by atoms with E-state index in [1.54, 1.807) is 0 Å². The molecule has 0 radical (unpaired) electrons. The van der Waals surface area contributed by atoms with E-state index in [1.807, 2.05) is 6.92 Å². The molecule has 0 saturated heterocycles. The highest BCUT2D eigenvalue weighted by Gasteiger charge is 2.14. The average Bonchev–Trinajstić information content (AvgIpc) is 2.17. The second kappa shape index (κ2) is 7.99. The summed E-state index contributed by atoms with van der Waals surface area (Å²) in [6, 6.07) is 0. The number of amides is 1. The summed E-state index contributed by atoms with van der Waals surface area (Å²) in [5.74, 6) is -1.26. The number of aliphatic carboxylic acids is 1. The summed E-state index contributed by atoms with van der Waals surface area (Å²) in [4.78, 5) is 23.2. The molecule has 5 nitrogen and oxygen atoms in total. The van der Waals surface area contributed by atoms with E-state index in [9.17, 15) is 9.59 Å². The molecule has 0 heterocycles. The zero-order valence-corrected chi connectivity index (χ0v) is 8.94. The maximum Gasteiger partial charge on any atom is 0.323 e. The minimum absolute atomic E-state index is 0.203. The topological polar surface area (TPSA) is 66.8 Å². The van der Waals surface area contributed by atoms with Crippen molar-refractivity contribution in [3.05, 3.63) is 12.7 Å². The fourth-order valence-electron chi connectivity index (χ4n) is 1.04. The Bertz CT molecular complexity index is 227. The molecular weight excluding hydrogens is 198 g/mol. The van der Waals surface area contributed by atoms with Crippen LogP contribution < -0.4 is 0 Å². The Morgan fingerprint density at radius 3 is 2.67 bits per heavy atom. The molecule has 0 spiro atoms. The first kappa shape index (κ1) is 13.6. The van der Waals surface area contributed by atoms with Gasteiger partial charge >= 0.3 is 5.97 Å². The van der Waals surface area contributed by atoms with E-state index in [0.717, 1.165) is 0 Å². The summed E-state index contributed by atoms with van der Waals surface area (Å²) < 4.78 is 5.02. The molecule has 86 valence electrons. The smallest absolute Gasteiger partial charge is 0.323 e. The van der Waals surface area contributed by atoms with Crippen LogP contribution in [0.5, 0.6) is 0 Å². The van der Waals surface area contributed by atoms with Gasteiger partial charge in [-0.25, -0.2) is 0 Å². The van der Waals surface area contributed by atoms with E-state index in [2.05, 4.69) is 6.58 Å². The van der Waals surface area contributed by atoms with Crippen molar-refractivity contribution in [1.82, 2.24) is 4.90 Å². The Morgan fingerprint density at radius 2 is 2.20 bits per heavy atom. The van der Waals surface area contributed by atoms with Crippen molar-refractivity contribution in [2.45, 2.75) is 13.3 Å². The SMILES string of the molecule is C=CCN(CC(=O)O)C(=O)CCOCC. The highest BCUT2D eigenvalue weighted by molar-refractivity contribution is 5.81. The van der Waals surface area contributed by atoms with Crippen LogP contribution in [0.25, 0.3) is 0 Å². The van der Waals surface area contributed by atoms with Gasteiger partial charge in [-0.3, -0.25) is 9.59 Å². The molecule has 0 atom stereocenters. The molecule has 0 unspecified atom stereocenters. The first-order valence-corrected chi connectivity index (χ1v) is 4.80. The zero-order chi connectivity index (χ0) is 11.7. The molecule has 0 fully saturated rings. The lowest BCUT2D eigenvalue weighted by Gasteiger charge is -2.18. The molecule has 0 rings (SSSR count). The molecule has 0 aliphatic rings. The minimum Gasteiger partial charge on any atom is -0.480 e. The molecule has 5 heteroatoms. The number of carboxylic acid groups (broad SMARTS) is 1. The van der Waals surface area contributed by atoms with Crippen LogP contribution in [-0.4, -0.2) is 48.2 Å². The van der Waals surface area contributed by atoms with Gasteiger partial charge in [0.2, 0.25) is 5.91 Å². The van der Waals surface area contributed by atoms with E-state index in [0.29, 0.717) is 13.2 Å². The number of hydrogen-bond acceptors (Lipinski definition) is 3. The number of carboxylic acids is 1.